The van der Waals surface area contributed by atoms with Crippen molar-refractivity contribution in [1.29, 1.82) is 0 Å². The van der Waals surface area contributed by atoms with Crippen LogP contribution in [0.2, 0.25) is 0 Å². The first-order valence-corrected chi connectivity index (χ1v) is 9.77. The number of carbonyl (C=O) groups is 2. The summed E-state index contributed by atoms with van der Waals surface area (Å²) in [5.74, 6) is 0.467. The fraction of sp³-hybridized carbons (Fsp3) is 0.364. The van der Waals surface area contributed by atoms with Crippen molar-refractivity contribution >= 4 is 23.3 Å². The molecule has 3 amide bonds. The van der Waals surface area contributed by atoms with Crippen molar-refractivity contribution in [1.82, 2.24) is 4.90 Å². The second-order valence-electron chi connectivity index (χ2n) is 7.57. The first kappa shape index (κ1) is 18.5. The number of benzene rings is 2. The predicted molar refractivity (Wildman–Crippen MR) is 107 cm³/mol. The average Bonchev–Trinajstić information content (AvgIpc) is 2.88. The second kappa shape index (κ2) is 8.00. The van der Waals surface area contributed by atoms with Crippen molar-refractivity contribution in [2.75, 3.05) is 29.9 Å². The van der Waals surface area contributed by atoms with Gasteiger partial charge in [-0.2, -0.15) is 0 Å². The number of hydrogen-bond donors (Lipinski definition) is 1. The van der Waals surface area contributed by atoms with Crippen LogP contribution in [0.5, 0.6) is 0 Å². The monoisotopic (exact) mass is 381 g/mol. The molecule has 0 aliphatic carbocycles. The number of anilines is 2. The Hall–Kier alpha value is -2.89. The van der Waals surface area contributed by atoms with Gasteiger partial charge in [-0.15, -0.1) is 0 Å². The molecule has 0 bridgehead atoms. The summed E-state index contributed by atoms with van der Waals surface area (Å²) in [5.41, 5.74) is 1.52. The molecule has 2 saturated heterocycles. The molecule has 2 aromatic rings. The number of piperidine rings is 1. The lowest BCUT2D eigenvalue weighted by Gasteiger charge is -2.37. The molecule has 2 heterocycles. The van der Waals surface area contributed by atoms with E-state index in [4.69, 9.17) is 0 Å². The normalized spacial score (nSPS) is 22.4. The van der Waals surface area contributed by atoms with E-state index in [1.165, 1.54) is 12.1 Å². The molecule has 2 aromatic carbocycles. The number of hydrogen-bond acceptors (Lipinski definition) is 2. The SMILES string of the molecule is O=C(Nc1ccc(F)cc1)N1CC[C@H]2CC(=O)N(c3ccccc3)CC[C@@H]2C1. The Labute approximate surface area is 164 Å². The van der Waals surface area contributed by atoms with Crippen LogP contribution in [0.15, 0.2) is 54.6 Å². The Bertz CT molecular complexity index is 841. The molecule has 4 rings (SSSR count). The van der Waals surface area contributed by atoms with E-state index in [-0.39, 0.29) is 17.8 Å². The largest absolute Gasteiger partial charge is 0.324 e. The van der Waals surface area contributed by atoms with Gasteiger partial charge in [-0.25, -0.2) is 9.18 Å². The molecule has 0 saturated carbocycles. The summed E-state index contributed by atoms with van der Waals surface area (Å²) < 4.78 is 13.0. The summed E-state index contributed by atoms with van der Waals surface area (Å²) in [4.78, 5) is 29.1. The molecule has 0 unspecified atom stereocenters. The van der Waals surface area contributed by atoms with Crippen molar-refractivity contribution in [2.24, 2.45) is 11.8 Å². The number of fused-ring (bicyclic) bond motifs is 1. The maximum Gasteiger partial charge on any atom is 0.321 e. The minimum atomic E-state index is -0.329. The minimum absolute atomic E-state index is 0.166. The zero-order chi connectivity index (χ0) is 19.5. The summed E-state index contributed by atoms with van der Waals surface area (Å²) in [5, 5.41) is 2.84. The first-order chi connectivity index (χ1) is 13.6. The van der Waals surface area contributed by atoms with Gasteiger partial charge in [0.1, 0.15) is 5.82 Å². The molecule has 5 nitrogen and oxygen atoms in total. The molecule has 2 aliphatic rings. The van der Waals surface area contributed by atoms with Crippen molar-refractivity contribution in [3.8, 4) is 0 Å². The zero-order valence-electron chi connectivity index (χ0n) is 15.7. The van der Waals surface area contributed by atoms with Gasteiger partial charge < -0.3 is 15.1 Å². The van der Waals surface area contributed by atoms with Crippen molar-refractivity contribution < 1.29 is 14.0 Å². The van der Waals surface area contributed by atoms with Crippen LogP contribution in [-0.4, -0.2) is 36.5 Å². The standard InChI is InChI=1S/C22H24FN3O2/c23-18-6-8-19(9-7-18)24-22(28)25-12-10-16-14-21(27)26(13-11-17(16)15-25)20-4-2-1-3-5-20/h1-9,16-17H,10-15H2,(H,24,28)/t16-,17+/m0/s1. The molecule has 2 fully saturated rings. The summed E-state index contributed by atoms with van der Waals surface area (Å²) in [6, 6.07) is 15.4. The van der Waals surface area contributed by atoms with E-state index >= 15 is 0 Å². The van der Waals surface area contributed by atoms with Gasteiger partial charge in [0.25, 0.3) is 0 Å². The third-order valence-corrected chi connectivity index (χ3v) is 5.80. The molecule has 0 aromatic heterocycles. The van der Waals surface area contributed by atoms with Crippen LogP contribution >= 0.6 is 0 Å². The zero-order valence-corrected chi connectivity index (χ0v) is 15.7. The Morgan fingerprint density at radius 2 is 1.68 bits per heavy atom. The molecular weight excluding hydrogens is 357 g/mol. The fourth-order valence-electron chi connectivity index (χ4n) is 4.23. The van der Waals surface area contributed by atoms with Gasteiger partial charge in [-0.3, -0.25) is 4.79 Å². The van der Waals surface area contributed by atoms with Gasteiger partial charge in [0.2, 0.25) is 5.91 Å². The van der Waals surface area contributed by atoms with E-state index in [1.807, 2.05) is 40.1 Å². The number of urea groups is 1. The summed E-state index contributed by atoms with van der Waals surface area (Å²) >= 11 is 0. The van der Waals surface area contributed by atoms with E-state index < -0.39 is 0 Å². The average molecular weight is 381 g/mol. The van der Waals surface area contributed by atoms with Gasteiger partial charge in [0, 0.05) is 37.4 Å². The summed E-state index contributed by atoms with van der Waals surface area (Å²) in [6.07, 6.45) is 2.24. The smallest absolute Gasteiger partial charge is 0.321 e. The number of nitrogens with zero attached hydrogens (tertiary/aromatic N) is 2. The highest BCUT2D eigenvalue weighted by molar-refractivity contribution is 5.94. The number of carbonyl (C=O) groups excluding carboxylic acids is 2. The summed E-state index contributed by atoms with van der Waals surface area (Å²) in [7, 11) is 0. The van der Waals surface area contributed by atoms with Crippen LogP contribution in [0, 0.1) is 17.7 Å². The molecule has 2 atom stereocenters. The molecule has 6 heteroatoms. The van der Waals surface area contributed by atoms with E-state index in [2.05, 4.69) is 5.32 Å². The van der Waals surface area contributed by atoms with Crippen molar-refractivity contribution in [3.05, 3.63) is 60.4 Å². The quantitative estimate of drug-likeness (QED) is 0.851. The Morgan fingerprint density at radius 1 is 0.964 bits per heavy atom. The van der Waals surface area contributed by atoms with E-state index in [0.29, 0.717) is 43.6 Å². The van der Waals surface area contributed by atoms with Crippen LogP contribution < -0.4 is 10.2 Å². The number of amides is 3. The lowest BCUT2D eigenvalue weighted by atomic mass is 9.82. The van der Waals surface area contributed by atoms with Crippen LogP contribution in [0.3, 0.4) is 0 Å². The molecule has 146 valence electrons. The summed E-state index contributed by atoms with van der Waals surface area (Å²) in [6.45, 7) is 1.96. The molecule has 28 heavy (non-hydrogen) atoms. The number of halogens is 1. The molecule has 1 N–H and O–H groups in total. The molecule has 0 radical (unpaired) electrons. The first-order valence-electron chi connectivity index (χ1n) is 9.77. The van der Waals surface area contributed by atoms with E-state index in [1.54, 1.807) is 12.1 Å². The highest BCUT2D eigenvalue weighted by atomic mass is 19.1. The number of para-hydroxylation sites is 1. The van der Waals surface area contributed by atoms with Gasteiger partial charge in [0.05, 0.1) is 0 Å². The van der Waals surface area contributed by atoms with Crippen LogP contribution in [0.25, 0.3) is 0 Å². The lowest BCUT2D eigenvalue weighted by molar-refractivity contribution is -0.119. The van der Waals surface area contributed by atoms with E-state index in [9.17, 15) is 14.0 Å². The number of likely N-dealkylation sites (tertiary alicyclic amines) is 1. The third kappa shape index (κ3) is 4.01. The highest BCUT2D eigenvalue weighted by Crippen LogP contribution is 2.34. The maximum atomic E-state index is 13.0. The van der Waals surface area contributed by atoms with Gasteiger partial charge in [-0.1, -0.05) is 18.2 Å². The third-order valence-electron chi connectivity index (χ3n) is 5.80. The van der Waals surface area contributed by atoms with Crippen LogP contribution in [0.4, 0.5) is 20.6 Å². The van der Waals surface area contributed by atoms with Crippen molar-refractivity contribution in [2.45, 2.75) is 19.3 Å². The van der Waals surface area contributed by atoms with E-state index in [0.717, 1.165) is 18.5 Å². The number of nitrogens with one attached hydrogen (secondary N) is 1. The number of rotatable bonds is 2. The Kier molecular flexibility index (Phi) is 5.28. The van der Waals surface area contributed by atoms with Gasteiger partial charge in [-0.05, 0) is 61.1 Å². The topological polar surface area (TPSA) is 52.7 Å². The Balaban J connectivity index is 1.40. The molecular formula is C22H24FN3O2. The molecule has 2 aliphatic heterocycles. The lowest BCUT2D eigenvalue weighted by Crippen LogP contribution is -2.45. The Morgan fingerprint density at radius 3 is 2.43 bits per heavy atom. The second-order valence-corrected chi connectivity index (χ2v) is 7.57. The van der Waals surface area contributed by atoms with Gasteiger partial charge >= 0.3 is 6.03 Å². The van der Waals surface area contributed by atoms with Crippen LogP contribution in [0.1, 0.15) is 19.3 Å². The highest BCUT2D eigenvalue weighted by Gasteiger charge is 2.36. The van der Waals surface area contributed by atoms with Gasteiger partial charge in [0.15, 0.2) is 0 Å². The minimum Gasteiger partial charge on any atom is -0.324 e. The molecule has 0 spiro atoms. The van der Waals surface area contributed by atoms with Crippen LogP contribution in [-0.2, 0) is 4.79 Å². The predicted octanol–water partition coefficient (Wildman–Crippen LogP) is 4.12. The fourth-order valence-corrected chi connectivity index (χ4v) is 4.23. The maximum absolute atomic E-state index is 13.0. The van der Waals surface area contributed by atoms with Crippen molar-refractivity contribution in [3.63, 3.8) is 0 Å².